The molecule has 0 radical (unpaired) electrons. The van der Waals surface area contributed by atoms with Crippen molar-refractivity contribution in [1.29, 1.82) is 0 Å². The van der Waals surface area contributed by atoms with Crippen LogP contribution in [0.3, 0.4) is 0 Å². The minimum absolute atomic E-state index is 0.130. The van der Waals surface area contributed by atoms with Gasteiger partial charge in [-0.2, -0.15) is 0 Å². The Balaban J connectivity index is 3.16. The first-order valence-corrected chi connectivity index (χ1v) is 7.36. The molecular formula is C15H24O2P+. The molecule has 0 N–H and O–H groups in total. The van der Waals surface area contributed by atoms with Gasteiger partial charge in [0.05, 0.1) is 0 Å². The van der Waals surface area contributed by atoms with Crippen LogP contribution in [-0.4, -0.2) is 0 Å². The van der Waals surface area contributed by atoms with E-state index in [1.54, 1.807) is 0 Å². The predicted octanol–water partition coefficient (Wildman–Crippen LogP) is 5.07. The molecule has 1 rings (SSSR count). The van der Waals surface area contributed by atoms with Crippen LogP contribution in [0.5, 0.6) is 0 Å². The van der Waals surface area contributed by atoms with Crippen molar-refractivity contribution >= 4 is 8.69 Å². The van der Waals surface area contributed by atoms with Gasteiger partial charge in [-0.15, -0.1) is 4.52 Å². The van der Waals surface area contributed by atoms with Gasteiger partial charge in [0.2, 0.25) is 0 Å². The topological polar surface area (TPSA) is 26.3 Å². The Hall–Kier alpha value is -0.720. The van der Waals surface area contributed by atoms with Gasteiger partial charge in [-0.3, -0.25) is 0 Å². The van der Waals surface area contributed by atoms with Crippen molar-refractivity contribution in [2.75, 3.05) is 0 Å². The predicted molar refractivity (Wildman–Crippen MR) is 77.2 cm³/mol. The summed E-state index contributed by atoms with van der Waals surface area (Å²) >= 11 is 0. The molecule has 100 valence electrons. The van der Waals surface area contributed by atoms with Crippen molar-refractivity contribution in [3.8, 4) is 0 Å². The SMILES string of the molecule is CCCC(CC(C)(C)C)(O[PH+]=O)c1ccccc1. The van der Waals surface area contributed by atoms with Crippen molar-refractivity contribution in [1.82, 2.24) is 0 Å². The third-order valence-electron chi connectivity index (χ3n) is 3.01. The summed E-state index contributed by atoms with van der Waals surface area (Å²) in [6.45, 7) is 8.71. The first-order chi connectivity index (χ1) is 8.43. The molecule has 0 aliphatic rings. The van der Waals surface area contributed by atoms with Crippen LogP contribution in [0.4, 0.5) is 0 Å². The van der Waals surface area contributed by atoms with Gasteiger partial charge in [-0.25, -0.2) is 0 Å². The normalized spacial score (nSPS) is 15.6. The lowest BCUT2D eigenvalue weighted by Gasteiger charge is -2.34. The maximum atomic E-state index is 11.1. The Labute approximate surface area is 112 Å². The molecule has 0 saturated carbocycles. The number of hydrogen-bond donors (Lipinski definition) is 0. The Kier molecular flexibility index (Phi) is 5.49. The summed E-state index contributed by atoms with van der Waals surface area (Å²) in [6.07, 6.45) is 2.77. The number of benzene rings is 1. The zero-order valence-corrected chi connectivity index (χ0v) is 12.8. The van der Waals surface area contributed by atoms with Gasteiger partial charge in [0.15, 0.2) is 0 Å². The monoisotopic (exact) mass is 267 g/mol. The number of hydrogen-bond acceptors (Lipinski definition) is 2. The molecule has 1 aromatic rings. The second-order valence-corrected chi connectivity index (χ2v) is 6.40. The maximum absolute atomic E-state index is 11.1. The molecule has 0 aromatic heterocycles. The van der Waals surface area contributed by atoms with E-state index >= 15 is 0 Å². The molecule has 0 amide bonds. The molecule has 0 saturated heterocycles. The maximum Gasteiger partial charge on any atom is 0.495 e. The average molecular weight is 267 g/mol. The minimum Gasteiger partial charge on any atom is -0.136 e. The molecule has 0 heterocycles. The second-order valence-electron chi connectivity index (χ2n) is 6.03. The molecule has 0 aliphatic carbocycles. The van der Waals surface area contributed by atoms with Crippen LogP contribution in [0.2, 0.25) is 0 Å². The molecule has 0 spiro atoms. The molecule has 0 aliphatic heterocycles. The lowest BCUT2D eigenvalue weighted by molar-refractivity contribution is 0.0263. The Morgan fingerprint density at radius 3 is 2.22 bits per heavy atom. The van der Waals surface area contributed by atoms with E-state index < -0.39 is 14.3 Å². The van der Waals surface area contributed by atoms with Crippen molar-refractivity contribution < 1.29 is 9.09 Å². The second kappa shape index (κ2) is 6.45. The van der Waals surface area contributed by atoms with Crippen LogP contribution in [0.1, 0.15) is 52.5 Å². The average Bonchev–Trinajstić information content (AvgIpc) is 2.28. The fourth-order valence-electron chi connectivity index (χ4n) is 2.56. The highest BCUT2D eigenvalue weighted by atomic mass is 31.1. The van der Waals surface area contributed by atoms with E-state index in [0.717, 1.165) is 24.8 Å². The summed E-state index contributed by atoms with van der Waals surface area (Å²) in [4.78, 5) is 0. The van der Waals surface area contributed by atoms with Gasteiger partial charge in [0, 0.05) is 0 Å². The highest BCUT2D eigenvalue weighted by Crippen LogP contribution is 2.43. The van der Waals surface area contributed by atoms with E-state index in [2.05, 4.69) is 39.8 Å². The first-order valence-electron chi connectivity index (χ1n) is 6.54. The molecule has 2 atom stereocenters. The lowest BCUT2D eigenvalue weighted by atomic mass is 9.76. The third-order valence-corrected chi connectivity index (χ3v) is 3.48. The van der Waals surface area contributed by atoms with E-state index in [-0.39, 0.29) is 5.41 Å². The van der Waals surface area contributed by atoms with Crippen LogP contribution in [-0.2, 0) is 14.7 Å². The fourth-order valence-corrected chi connectivity index (χ4v) is 3.01. The smallest absolute Gasteiger partial charge is 0.136 e. The van der Waals surface area contributed by atoms with Gasteiger partial charge in [-0.1, -0.05) is 64.4 Å². The zero-order valence-electron chi connectivity index (χ0n) is 11.8. The Morgan fingerprint density at radius 1 is 1.17 bits per heavy atom. The third kappa shape index (κ3) is 4.19. The van der Waals surface area contributed by atoms with Crippen molar-refractivity contribution in [3.05, 3.63) is 35.9 Å². The molecule has 18 heavy (non-hydrogen) atoms. The van der Waals surface area contributed by atoms with Crippen LogP contribution in [0.25, 0.3) is 0 Å². The number of rotatable bonds is 6. The van der Waals surface area contributed by atoms with Crippen molar-refractivity contribution in [2.24, 2.45) is 5.41 Å². The van der Waals surface area contributed by atoms with E-state index in [0.29, 0.717) is 0 Å². The molecule has 0 bridgehead atoms. The van der Waals surface area contributed by atoms with Gasteiger partial charge < -0.3 is 0 Å². The van der Waals surface area contributed by atoms with E-state index in [9.17, 15) is 4.57 Å². The highest BCUT2D eigenvalue weighted by molar-refractivity contribution is 7.17. The van der Waals surface area contributed by atoms with E-state index in [1.165, 1.54) is 0 Å². The minimum atomic E-state index is -0.720. The van der Waals surface area contributed by atoms with Gasteiger partial charge in [0.1, 0.15) is 5.60 Å². The highest BCUT2D eigenvalue weighted by Gasteiger charge is 2.40. The summed E-state index contributed by atoms with van der Waals surface area (Å²) in [5.74, 6) is 0. The standard InChI is InChI=1S/C15H24O2P/c1-5-11-15(17-18-16,12-14(2,3)4)13-9-7-6-8-10-13/h6-10,18H,5,11-12H2,1-4H3/q+1. The quantitative estimate of drug-likeness (QED) is 0.672. The van der Waals surface area contributed by atoms with Crippen LogP contribution in [0.15, 0.2) is 30.3 Å². The largest absolute Gasteiger partial charge is 0.495 e. The summed E-state index contributed by atoms with van der Waals surface area (Å²) < 4.78 is 16.8. The van der Waals surface area contributed by atoms with Gasteiger partial charge in [0.25, 0.3) is 0 Å². The zero-order chi connectivity index (χ0) is 13.6. The van der Waals surface area contributed by atoms with Gasteiger partial charge >= 0.3 is 8.69 Å². The summed E-state index contributed by atoms with van der Waals surface area (Å²) in [6, 6.07) is 10.2. The fraction of sp³-hybridized carbons (Fsp3) is 0.600. The lowest BCUT2D eigenvalue weighted by Crippen LogP contribution is -2.32. The summed E-state index contributed by atoms with van der Waals surface area (Å²) in [7, 11) is -0.720. The van der Waals surface area contributed by atoms with Crippen molar-refractivity contribution in [2.45, 2.75) is 52.6 Å². The van der Waals surface area contributed by atoms with E-state index in [4.69, 9.17) is 4.52 Å². The molecule has 0 fully saturated rings. The van der Waals surface area contributed by atoms with Crippen LogP contribution in [0, 0.1) is 5.41 Å². The van der Waals surface area contributed by atoms with Crippen LogP contribution < -0.4 is 0 Å². The Morgan fingerprint density at radius 2 is 1.78 bits per heavy atom. The van der Waals surface area contributed by atoms with Crippen LogP contribution >= 0.6 is 8.69 Å². The Bertz CT molecular complexity index is 370. The van der Waals surface area contributed by atoms with E-state index in [1.807, 2.05) is 18.2 Å². The summed E-state index contributed by atoms with van der Waals surface area (Å²) in [5, 5.41) is 0. The first kappa shape index (κ1) is 15.3. The molecular weight excluding hydrogens is 243 g/mol. The molecule has 3 heteroatoms. The molecule has 2 nitrogen and oxygen atoms in total. The van der Waals surface area contributed by atoms with Gasteiger partial charge in [-0.05, 0) is 28.4 Å². The molecule has 1 aromatic carbocycles. The van der Waals surface area contributed by atoms with Crippen molar-refractivity contribution in [3.63, 3.8) is 0 Å². The molecule has 2 unspecified atom stereocenters. The summed E-state index contributed by atoms with van der Waals surface area (Å²) in [5.41, 5.74) is 0.837.